The van der Waals surface area contributed by atoms with E-state index in [1.807, 2.05) is 6.07 Å². The molecule has 0 saturated carbocycles. The fourth-order valence-corrected chi connectivity index (χ4v) is 2.82. The highest BCUT2D eigenvalue weighted by Crippen LogP contribution is 2.30. The first-order valence-electron chi connectivity index (χ1n) is 7.09. The molecule has 0 bridgehead atoms. The minimum atomic E-state index is -0.475. The van der Waals surface area contributed by atoms with Crippen LogP contribution in [-0.2, 0) is 4.79 Å². The van der Waals surface area contributed by atoms with Crippen molar-refractivity contribution in [2.45, 2.75) is 12.8 Å². The Kier molecular flexibility index (Phi) is 4.50. The second kappa shape index (κ2) is 6.56. The molecule has 5 nitrogen and oxygen atoms in total. The van der Waals surface area contributed by atoms with Crippen LogP contribution in [0.25, 0.3) is 0 Å². The number of halogens is 2. The van der Waals surface area contributed by atoms with E-state index in [0.717, 1.165) is 6.42 Å². The van der Waals surface area contributed by atoms with Gasteiger partial charge >= 0.3 is 0 Å². The van der Waals surface area contributed by atoms with Crippen molar-refractivity contribution in [2.24, 2.45) is 0 Å². The first-order chi connectivity index (χ1) is 11.1. The monoisotopic (exact) mass is 349 g/mol. The van der Waals surface area contributed by atoms with Gasteiger partial charge in [0.2, 0.25) is 5.91 Å². The minimum Gasteiger partial charge on any atom is -0.319 e. The summed E-state index contributed by atoms with van der Waals surface area (Å²) in [6.07, 6.45) is 1.33. The Labute approximate surface area is 143 Å². The summed E-state index contributed by atoms with van der Waals surface area (Å²) in [5.41, 5.74) is 1.24. The summed E-state index contributed by atoms with van der Waals surface area (Å²) in [5, 5.41) is 3.15. The number of amides is 2. The maximum Gasteiger partial charge on any atom is 0.275 e. The second-order valence-corrected chi connectivity index (χ2v) is 5.88. The number of nitrogens with zero attached hydrogens (tertiary/aromatic N) is 2. The normalized spacial score (nSPS) is 14.2. The Morgan fingerprint density at radius 1 is 1.17 bits per heavy atom. The molecule has 2 aromatic rings. The van der Waals surface area contributed by atoms with Gasteiger partial charge in [-0.2, -0.15) is 0 Å². The molecule has 0 unspecified atom stereocenters. The average molecular weight is 350 g/mol. The van der Waals surface area contributed by atoms with Crippen LogP contribution >= 0.6 is 23.2 Å². The van der Waals surface area contributed by atoms with Crippen LogP contribution in [0, 0.1) is 0 Å². The molecule has 1 aliphatic rings. The summed E-state index contributed by atoms with van der Waals surface area (Å²) >= 11 is 11.8. The van der Waals surface area contributed by atoms with Crippen molar-refractivity contribution >= 4 is 46.4 Å². The van der Waals surface area contributed by atoms with E-state index in [0.29, 0.717) is 24.3 Å². The summed E-state index contributed by atoms with van der Waals surface area (Å²) in [5.74, 6) is -0.429. The molecule has 2 amide bonds. The molecule has 0 spiro atoms. The molecule has 1 N–H and O–H groups in total. The number of carbonyl (C=O) groups is 2. The van der Waals surface area contributed by atoms with E-state index in [2.05, 4.69) is 10.3 Å². The van der Waals surface area contributed by atoms with E-state index in [1.54, 1.807) is 23.1 Å². The Bertz CT molecular complexity index is 780. The fourth-order valence-electron chi connectivity index (χ4n) is 2.48. The highest BCUT2D eigenvalue weighted by molar-refractivity contribution is 6.35. The molecule has 1 aromatic carbocycles. The number of hydrogen-bond donors (Lipinski definition) is 1. The van der Waals surface area contributed by atoms with Crippen molar-refractivity contribution < 1.29 is 9.59 Å². The van der Waals surface area contributed by atoms with Crippen LogP contribution in [-0.4, -0.2) is 23.3 Å². The van der Waals surface area contributed by atoms with Crippen LogP contribution in [0.5, 0.6) is 0 Å². The third kappa shape index (κ3) is 3.30. The van der Waals surface area contributed by atoms with Gasteiger partial charge in [-0.3, -0.25) is 9.59 Å². The van der Waals surface area contributed by atoms with Crippen LogP contribution in [0.1, 0.15) is 23.3 Å². The van der Waals surface area contributed by atoms with Gasteiger partial charge in [0, 0.05) is 13.0 Å². The predicted octanol–water partition coefficient (Wildman–Crippen LogP) is 3.77. The molecule has 0 aliphatic carbocycles. The molecule has 3 rings (SSSR count). The zero-order chi connectivity index (χ0) is 16.4. The highest BCUT2D eigenvalue weighted by Gasteiger charge is 2.24. The lowest BCUT2D eigenvalue weighted by Crippen LogP contribution is -2.25. The molecule has 0 radical (unpaired) electrons. The van der Waals surface area contributed by atoms with Gasteiger partial charge in [0.05, 0.1) is 16.4 Å². The Morgan fingerprint density at radius 3 is 2.70 bits per heavy atom. The maximum absolute atomic E-state index is 12.4. The lowest BCUT2D eigenvalue weighted by atomic mass is 10.2. The van der Waals surface area contributed by atoms with Gasteiger partial charge in [-0.05, 0) is 30.7 Å². The number of carbonyl (C=O) groups excluding carboxylic acids is 2. The first-order valence-corrected chi connectivity index (χ1v) is 7.84. The first kappa shape index (κ1) is 15.8. The van der Waals surface area contributed by atoms with E-state index >= 15 is 0 Å². The molecular weight excluding hydrogens is 337 g/mol. The van der Waals surface area contributed by atoms with Gasteiger partial charge in [-0.25, -0.2) is 4.98 Å². The zero-order valence-electron chi connectivity index (χ0n) is 12.1. The van der Waals surface area contributed by atoms with Gasteiger partial charge in [0.25, 0.3) is 5.91 Å². The van der Waals surface area contributed by atoms with Crippen molar-refractivity contribution in [1.82, 2.24) is 4.98 Å². The van der Waals surface area contributed by atoms with E-state index < -0.39 is 5.91 Å². The van der Waals surface area contributed by atoms with Crippen LogP contribution in [0.2, 0.25) is 10.2 Å². The third-order valence-electron chi connectivity index (χ3n) is 3.54. The van der Waals surface area contributed by atoms with E-state index in [9.17, 15) is 9.59 Å². The van der Waals surface area contributed by atoms with Gasteiger partial charge in [-0.1, -0.05) is 35.3 Å². The summed E-state index contributed by atoms with van der Waals surface area (Å²) in [6, 6.07) is 10.2. The number of nitrogens with one attached hydrogen (secondary N) is 1. The zero-order valence-corrected chi connectivity index (χ0v) is 13.6. The van der Waals surface area contributed by atoms with Gasteiger partial charge < -0.3 is 10.2 Å². The van der Waals surface area contributed by atoms with Crippen molar-refractivity contribution in [3.8, 4) is 0 Å². The van der Waals surface area contributed by atoms with Crippen molar-refractivity contribution in [3.63, 3.8) is 0 Å². The molecule has 118 valence electrons. The average Bonchev–Trinajstić information content (AvgIpc) is 2.96. The second-order valence-electron chi connectivity index (χ2n) is 5.08. The Balaban J connectivity index is 1.90. The smallest absolute Gasteiger partial charge is 0.275 e. The van der Waals surface area contributed by atoms with Crippen LogP contribution < -0.4 is 10.2 Å². The molecule has 1 saturated heterocycles. The standard InChI is InChI=1S/C16H13Cl2N3O2/c17-10-7-8-13(18)20-15(10)16(23)19-11-4-1-2-5-12(11)21-9-3-6-14(21)22/h1-2,4-5,7-8H,3,6,9H2,(H,19,23). The lowest BCUT2D eigenvalue weighted by Gasteiger charge is -2.20. The number of rotatable bonds is 3. The SMILES string of the molecule is O=C(Nc1ccccc1N1CCCC1=O)c1nc(Cl)ccc1Cl. The van der Waals surface area contributed by atoms with Crippen molar-refractivity contribution in [2.75, 3.05) is 16.8 Å². The Hall–Kier alpha value is -2.11. The third-order valence-corrected chi connectivity index (χ3v) is 4.06. The quantitative estimate of drug-likeness (QED) is 0.858. The number of benzene rings is 1. The van der Waals surface area contributed by atoms with Crippen molar-refractivity contribution in [1.29, 1.82) is 0 Å². The summed E-state index contributed by atoms with van der Waals surface area (Å²) in [7, 11) is 0. The number of pyridine rings is 1. The predicted molar refractivity (Wildman–Crippen MR) is 90.2 cm³/mol. The Morgan fingerprint density at radius 2 is 1.96 bits per heavy atom. The largest absolute Gasteiger partial charge is 0.319 e. The van der Waals surface area contributed by atoms with Gasteiger partial charge in [0.1, 0.15) is 10.8 Å². The maximum atomic E-state index is 12.4. The van der Waals surface area contributed by atoms with Crippen LogP contribution in [0.15, 0.2) is 36.4 Å². The molecule has 7 heteroatoms. The summed E-state index contributed by atoms with van der Waals surface area (Å²) in [6.45, 7) is 0.641. The summed E-state index contributed by atoms with van der Waals surface area (Å²) in [4.78, 5) is 30.0. The number of hydrogen-bond acceptors (Lipinski definition) is 3. The van der Waals surface area contributed by atoms with Crippen molar-refractivity contribution in [3.05, 3.63) is 52.3 Å². The van der Waals surface area contributed by atoms with Crippen LogP contribution in [0.4, 0.5) is 11.4 Å². The van der Waals surface area contributed by atoms with E-state index in [-0.39, 0.29) is 21.8 Å². The molecule has 23 heavy (non-hydrogen) atoms. The molecular formula is C16H13Cl2N3O2. The molecule has 1 aliphatic heterocycles. The number of para-hydroxylation sites is 2. The van der Waals surface area contributed by atoms with Crippen LogP contribution in [0.3, 0.4) is 0 Å². The van der Waals surface area contributed by atoms with E-state index in [4.69, 9.17) is 23.2 Å². The molecule has 1 aromatic heterocycles. The molecule has 2 heterocycles. The van der Waals surface area contributed by atoms with E-state index in [1.165, 1.54) is 12.1 Å². The number of aromatic nitrogens is 1. The topological polar surface area (TPSA) is 62.3 Å². The van der Waals surface area contributed by atoms with Gasteiger partial charge in [0.15, 0.2) is 0 Å². The highest BCUT2D eigenvalue weighted by atomic mass is 35.5. The minimum absolute atomic E-state index is 0.0433. The number of anilines is 2. The molecule has 0 atom stereocenters. The summed E-state index contributed by atoms with van der Waals surface area (Å²) < 4.78 is 0. The lowest BCUT2D eigenvalue weighted by molar-refractivity contribution is -0.117. The fraction of sp³-hybridized carbons (Fsp3) is 0.188. The molecule has 1 fully saturated rings. The van der Waals surface area contributed by atoms with Gasteiger partial charge in [-0.15, -0.1) is 0 Å².